The summed E-state index contributed by atoms with van der Waals surface area (Å²) >= 11 is 0. The van der Waals surface area contributed by atoms with Crippen molar-refractivity contribution < 1.29 is 9.53 Å². The van der Waals surface area contributed by atoms with E-state index in [-0.39, 0.29) is 6.04 Å². The minimum absolute atomic E-state index is 0.0253. The molecule has 1 aromatic rings. The minimum Gasteiger partial charge on any atom is -0.494 e. The Labute approximate surface area is 164 Å². The smallest absolute Gasteiger partial charge is 0.240 e. The summed E-state index contributed by atoms with van der Waals surface area (Å²) in [4.78, 5) is 17.7. The molecule has 2 aliphatic heterocycles. The quantitative estimate of drug-likeness (QED) is 0.798. The van der Waals surface area contributed by atoms with E-state index in [1.807, 2.05) is 19.1 Å². The Bertz CT molecular complexity index is 610. The van der Waals surface area contributed by atoms with Gasteiger partial charge in [-0.25, -0.2) is 0 Å². The number of rotatable bonds is 7. The molecule has 0 bridgehead atoms. The van der Waals surface area contributed by atoms with Crippen LogP contribution in [-0.4, -0.2) is 61.6 Å². The number of likely N-dealkylation sites (N-methyl/N-ethyl adjacent to an activating group) is 1. The molecule has 0 aliphatic carbocycles. The Hall–Kier alpha value is -1.59. The molecular weight excluding hydrogens is 338 g/mol. The van der Waals surface area contributed by atoms with Gasteiger partial charge < -0.3 is 15.0 Å². The molecule has 1 spiro atoms. The molecule has 2 heterocycles. The van der Waals surface area contributed by atoms with Crippen LogP contribution in [0.2, 0.25) is 0 Å². The number of nitrogens with zero attached hydrogens (tertiary/aromatic N) is 2. The first-order valence-electron chi connectivity index (χ1n) is 10.5. The maximum Gasteiger partial charge on any atom is 0.240 e. The van der Waals surface area contributed by atoms with Crippen molar-refractivity contribution in [3.63, 3.8) is 0 Å². The van der Waals surface area contributed by atoms with Crippen LogP contribution in [0.4, 0.5) is 0 Å². The van der Waals surface area contributed by atoms with Crippen LogP contribution in [0.3, 0.4) is 0 Å². The summed E-state index contributed by atoms with van der Waals surface area (Å²) in [6.07, 6.45) is 4.36. The molecule has 3 rings (SSSR count). The first-order valence-corrected chi connectivity index (χ1v) is 10.5. The highest BCUT2D eigenvalue weighted by atomic mass is 16.5. The molecule has 1 aromatic carbocycles. The van der Waals surface area contributed by atoms with Gasteiger partial charge in [-0.15, -0.1) is 0 Å². The van der Waals surface area contributed by atoms with E-state index in [0.29, 0.717) is 24.5 Å². The summed E-state index contributed by atoms with van der Waals surface area (Å²) in [5.41, 5.74) is 1.50. The predicted molar refractivity (Wildman–Crippen MR) is 109 cm³/mol. The molecule has 0 aromatic heterocycles. The fourth-order valence-corrected chi connectivity index (χ4v) is 4.69. The maximum atomic E-state index is 13.4. The third kappa shape index (κ3) is 4.82. The van der Waals surface area contributed by atoms with E-state index in [9.17, 15) is 4.79 Å². The molecule has 27 heavy (non-hydrogen) atoms. The molecule has 1 atom stereocenters. The zero-order valence-electron chi connectivity index (χ0n) is 17.2. The van der Waals surface area contributed by atoms with Crippen molar-refractivity contribution in [1.82, 2.24) is 15.1 Å². The molecule has 2 fully saturated rings. The van der Waals surface area contributed by atoms with Crippen molar-refractivity contribution in [2.24, 2.45) is 5.41 Å². The van der Waals surface area contributed by atoms with Crippen molar-refractivity contribution in [1.29, 1.82) is 0 Å². The van der Waals surface area contributed by atoms with E-state index in [0.717, 1.165) is 50.3 Å². The van der Waals surface area contributed by atoms with Crippen LogP contribution in [0.1, 0.15) is 45.1 Å². The standard InChI is InChI=1S/C22H35N3O2/c1-4-14-25(16-18-6-8-19(9-7-18)27-5-2)21(26)20-15-22(17-24(20)3)10-12-23-13-11-22/h6-9,20,23H,4-5,10-17H2,1-3H3. The fraction of sp³-hybridized carbons (Fsp3) is 0.682. The zero-order chi connectivity index (χ0) is 19.3. The number of amides is 1. The molecule has 5 heteroatoms. The van der Waals surface area contributed by atoms with E-state index >= 15 is 0 Å². The van der Waals surface area contributed by atoms with Gasteiger partial charge in [-0.1, -0.05) is 19.1 Å². The van der Waals surface area contributed by atoms with Crippen LogP contribution in [0.15, 0.2) is 24.3 Å². The summed E-state index contributed by atoms with van der Waals surface area (Å²) in [5.74, 6) is 1.18. The van der Waals surface area contributed by atoms with Gasteiger partial charge in [0.25, 0.3) is 0 Å². The predicted octanol–water partition coefficient (Wildman–Crippen LogP) is 2.90. The Morgan fingerprint density at radius 2 is 1.96 bits per heavy atom. The first kappa shape index (κ1) is 20.2. The van der Waals surface area contributed by atoms with Crippen LogP contribution in [0.5, 0.6) is 5.75 Å². The number of carbonyl (C=O) groups is 1. The van der Waals surface area contributed by atoms with Crippen molar-refractivity contribution in [2.45, 2.75) is 52.1 Å². The number of nitrogens with one attached hydrogen (secondary N) is 1. The number of carbonyl (C=O) groups excluding carboxylic acids is 1. The SMILES string of the molecule is CCCN(Cc1ccc(OCC)cc1)C(=O)C1CC2(CCNCC2)CN1C. The average molecular weight is 374 g/mol. The third-order valence-electron chi connectivity index (χ3n) is 6.11. The second kappa shape index (κ2) is 9.07. The van der Waals surface area contributed by atoms with E-state index in [2.05, 4.69) is 41.2 Å². The van der Waals surface area contributed by atoms with E-state index < -0.39 is 0 Å². The Morgan fingerprint density at radius 3 is 2.59 bits per heavy atom. The fourth-order valence-electron chi connectivity index (χ4n) is 4.69. The molecule has 0 saturated carbocycles. The molecule has 0 radical (unpaired) electrons. The van der Waals surface area contributed by atoms with Crippen LogP contribution in [0, 0.1) is 5.41 Å². The van der Waals surface area contributed by atoms with Crippen LogP contribution in [-0.2, 0) is 11.3 Å². The van der Waals surface area contributed by atoms with Crippen molar-refractivity contribution in [3.05, 3.63) is 29.8 Å². The monoisotopic (exact) mass is 373 g/mol. The second-order valence-electron chi connectivity index (χ2n) is 8.22. The molecule has 1 unspecified atom stereocenters. The molecule has 5 nitrogen and oxygen atoms in total. The van der Waals surface area contributed by atoms with Gasteiger partial charge in [-0.05, 0) is 75.9 Å². The summed E-state index contributed by atoms with van der Waals surface area (Å²) < 4.78 is 5.53. The van der Waals surface area contributed by atoms with Crippen molar-refractivity contribution in [2.75, 3.05) is 39.8 Å². The molecule has 1 N–H and O–H groups in total. The first-order chi connectivity index (χ1) is 13.1. The van der Waals surface area contributed by atoms with Crippen LogP contribution < -0.4 is 10.1 Å². The van der Waals surface area contributed by atoms with Gasteiger partial charge in [0.05, 0.1) is 12.6 Å². The van der Waals surface area contributed by atoms with E-state index in [4.69, 9.17) is 4.74 Å². The highest BCUT2D eigenvalue weighted by Gasteiger charge is 2.46. The van der Waals surface area contributed by atoms with Gasteiger partial charge in [0, 0.05) is 19.6 Å². The Morgan fingerprint density at radius 1 is 1.26 bits per heavy atom. The van der Waals surface area contributed by atoms with E-state index in [1.54, 1.807) is 0 Å². The van der Waals surface area contributed by atoms with Gasteiger partial charge in [0.1, 0.15) is 5.75 Å². The highest BCUT2D eigenvalue weighted by molar-refractivity contribution is 5.82. The number of benzene rings is 1. The van der Waals surface area contributed by atoms with Gasteiger partial charge >= 0.3 is 0 Å². The van der Waals surface area contributed by atoms with Crippen molar-refractivity contribution in [3.8, 4) is 5.75 Å². The number of ether oxygens (including phenoxy) is 1. The molecule has 1 amide bonds. The average Bonchev–Trinajstić information content (AvgIpc) is 2.98. The number of hydrogen-bond acceptors (Lipinski definition) is 4. The van der Waals surface area contributed by atoms with Crippen molar-refractivity contribution >= 4 is 5.91 Å². The Kier molecular flexibility index (Phi) is 6.77. The zero-order valence-corrected chi connectivity index (χ0v) is 17.2. The van der Waals surface area contributed by atoms with Gasteiger partial charge in [0.2, 0.25) is 5.91 Å². The van der Waals surface area contributed by atoms with Gasteiger partial charge in [0.15, 0.2) is 0 Å². The lowest BCUT2D eigenvalue weighted by molar-refractivity contribution is -0.136. The highest BCUT2D eigenvalue weighted by Crippen LogP contribution is 2.41. The largest absolute Gasteiger partial charge is 0.494 e. The van der Waals surface area contributed by atoms with Crippen LogP contribution >= 0.6 is 0 Å². The Balaban J connectivity index is 1.67. The number of likely N-dealkylation sites (tertiary alicyclic amines) is 1. The maximum absolute atomic E-state index is 13.4. The molecule has 2 aliphatic rings. The lowest BCUT2D eigenvalue weighted by Gasteiger charge is -2.33. The lowest BCUT2D eigenvalue weighted by Crippen LogP contribution is -2.44. The normalized spacial score (nSPS) is 22.1. The second-order valence-corrected chi connectivity index (χ2v) is 8.22. The molecule has 2 saturated heterocycles. The van der Waals surface area contributed by atoms with Gasteiger partial charge in [-0.2, -0.15) is 0 Å². The molecular formula is C22H35N3O2. The van der Waals surface area contributed by atoms with Gasteiger partial charge in [-0.3, -0.25) is 9.69 Å². The summed E-state index contributed by atoms with van der Waals surface area (Å²) in [6.45, 7) is 9.51. The number of piperidine rings is 1. The lowest BCUT2D eigenvalue weighted by atomic mass is 9.77. The third-order valence-corrected chi connectivity index (χ3v) is 6.11. The number of hydrogen-bond donors (Lipinski definition) is 1. The summed E-state index contributed by atoms with van der Waals surface area (Å²) in [5, 5.41) is 3.46. The minimum atomic E-state index is 0.0253. The molecule has 150 valence electrons. The topological polar surface area (TPSA) is 44.8 Å². The van der Waals surface area contributed by atoms with E-state index in [1.165, 1.54) is 12.8 Å². The van der Waals surface area contributed by atoms with Crippen LogP contribution in [0.25, 0.3) is 0 Å². The summed E-state index contributed by atoms with van der Waals surface area (Å²) in [6, 6.07) is 8.18. The summed E-state index contributed by atoms with van der Waals surface area (Å²) in [7, 11) is 2.13.